The zero-order valence-electron chi connectivity index (χ0n) is 15.0. The van der Waals surface area contributed by atoms with Gasteiger partial charge in [-0.3, -0.25) is 19.0 Å². The molecule has 10 heteroatoms. The van der Waals surface area contributed by atoms with E-state index in [4.69, 9.17) is 5.11 Å². The van der Waals surface area contributed by atoms with Gasteiger partial charge in [0.2, 0.25) is 5.91 Å². The Morgan fingerprint density at radius 1 is 1.11 bits per heavy atom. The highest BCUT2D eigenvalue weighted by atomic mass is 16.4. The van der Waals surface area contributed by atoms with E-state index in [9.17, 15) is 14.4 Å². The van der Waals surface area contributed by atoms with Gasteiger partial charge in [-0.1, -0.05) is 6.07 Å². The third-order valence-corrected chi connectivity index (χ3v) is 3.84. The number of carbonyl (C=O) groups excluding carboxylic acids is 2. The molecule has 0 saturated carbocycles. The maximum atomic E-state index is 12.4. The van der Waals surface area contributed by atoms with E-state index >= 15 is 0 Å². The molecular formula is C18H18N6O4. The molecule has 2 amide bonds. The van der Waals surface area contributed by atoms with Crippen LogP contribution in [-0.2, 0) is 17.9 Å². The minimum Gasteiger partial charge on any atom is -0.478 e. The fourth-order valence-electron chi connectivity index (χ4n) is 2.56. The van der Waals surface area contributed by atoms with Crippen LogP contribution in [0.25, 0.3) is 0 Å². The standard InChI is InChI=1S/C18H18N6O4/c1-2-24-15(6-7-19-24)17(26)22-14-5-3-4-13(8-14)21-16(25)11-23-10-12(9-20-23)18(27)28/h3-10H,2,11H2,1H3,(H,21,25)(H,22,26)(H,27,28). The van der Waals surface area contributed by atoms with Gasteiger partial charge in [0.25, 0.3) is 5.91 Å². The lowest BCUT2D eigenvalue weighted by Crippen LogP contribution is -2.20. The second kappa shape index (κ2) is 8.16. The van der Waals surface area contributed by atoms with Crippen molar-refractivity contribution < 1.29 is 19.5 Å². The van der Waals surface area contributed by atoms with E-state index in [-0.39, 0.29) is 23.9 Å². The second-order valence-corrected chi connectivity index (χ2v) is 5.85. The van der Waals surface area contributed by atoms with Gasteiger partial charge in [0.15, 0.2) is 0 Å². The fourth-order valence-corrected chi connectivity index (χ4v) is 2.56. The second-order valence-electron chi connectivity index (χ2n) is 5.85. The summed E-state index contributed by atoms with van der Waals surface area (Å²) in [5.74, 6) is -1.80. The Bertz CT molecular complexity index is 1020. The first-order chi connectivity index (χ1) is 13.5. The number of carbonyl (C=O) groups is 3. The number of carboxylic acids is 1. The molecule has 0 radical (unpaired) electrons. The molecule has 10 nitrogen and oxygen atoms in total. The van der Waals surface area contributed by atoms with Gasteiger partial charge in [-0.2, -0.15) is 10.2 Å². The van der Waals surface area contributed by atoms with Crippen molar-refractivity contribution in [1.82, 2.24) is 19.6 Å². The molecule has 3 aromatic rings. The lowest BCUT2D eigenvalue weighted by molar-refractivity contribution is -0.116. The highest BCUT2D eigenvalue weighted by molar-refractivity contribution is 6.03. The number of benzene rings is 1. The van der Waals surface area contributed by atoms with Crippen molar-refractivity contribution in [2.24, 2.45) is 0 Å². The molecular weight excluding hydrogens is 364 g/mol. The Balaban J connectivity index is 1.63. The van der Waals surface area contributed by atoms with Crippen LogP contribution in [-0.4, -0.2) is 42.5 Å². The Hall–Kier alpha value is -3.95. The van der Waals surface area contributed by atoms with Gasteiger partial charge in [0.05, 0.1) is 11.8 Å². The zero-order chi connectivity index (χ0) is 20.1. The summed E-state index contributed by atoms with van der Waals surface area (Å²) >= 11 is 0. The summed E-state index contributed by atoms with van der Waals surface area (Å²) in [7, 11) is 0. The van der Waals surface area contributed by atoms with E-state index in [2.05, 4.69) is 20.8 Å². The van der Waals surface area contributed by atoms with Gasteiger partial charge in [-0.05, 0) is 31.2 Å². The molecule has 0 spiro atoms. The molecule has 0 aliphatic heterocycles. The largest absolute Gasteiger partial charge is 0.478 e. The van der Waals surface area contributed by atoms with Crippen molar-refractivity contribution in [2.45, 2.75) is 20.0 Å². The van der Waals surface area contributed by atoms with E-state index in [1.54, 1.807) is 41.2 Å². The number of aromatic nitrogens is 4. The molecule has 0 saturated heterocycles. The summed E-state index contributed by atoms with van der Waals surface area (Å²) in [6.45, 7) is 2.32. The normalized spacial score (nSPS) is 10.5. The van der Waals surface area contributed by atoms with Gasteiger partial charge in [0, 0.05) is 30.3 Å². The molecule has 0 aliphatic carbocycles. The van der Waals surface area contributed by atoms with E-state index in [1.165, 1.54) is 17.1 Å². The van der Waals surface area contributed by atoms with E-state index < -0.39 is 5.97 Å². The fraction of sp³-hybridized carbons (Fsp3) is 0.167. The Kier molecular flexibility index (Phi) is 5.49. The molecule has 3 N–H and O–H groups in total. The average Bonchev–Trinajstić information content (AvgIpc) is 3.31. The van der Waals surface area contributed by atoms with Crippen LogP contribution in [0.2, 0.25) is 0 Å². The van der Waals surface area contributed by atoms with Gasteiger partial charge < -0.3 is 15.7 Å². The van der Waals surface area contributed by atoms with Crippen molar-refractivity contribution in [3.05, 3.63) is 60.2 Å². The van der Waals surface area contributed by atoms with Crippen LogP contribution in [0.5, 0.6) is 0 Å². The average molecular weight is 382 g/mol. The number of hydrogen-bond donors (Lipinski definition) is 3. The number of nitrogens with zero attached hydrogens (tertiary/aromatic N) is 4. The summed E-state index contributed by atoms with van der Waals surface area (Å²) in [6.07, 6.45) is 4.00. The lowest BCUT2D eigenvalue weighted by Gasteiger charge is -2.09. The van der Waals surface area contributed by atoms with Crippen molar-refractivity contribution in [3.63, 3.8) is 0 Å². The molecule has 0 atom stereocenters. The molecule has 2 aromatic heterocycles. The first kappa shape index (κ1) is 18.8. The highest BCUT2D eigenvalue weighted by Gasteiger charge is 2.12. The first-order valence-electron chi connectivity index (χ1n) is 8.45. The number of hydrogen-bond acceptors (Lipinski definition) is 5. The van der Waals surface area contributed by atoms with Crippen molar-refractivity contribution in [1.29, 1.82) is 0 Å². The van der Waals surface area contributed by atoms with Crippen LogP contribution in [0, 0.1) is 0 Å². The number of aromatic carboxylic acids is 1. The van der Waals surface area contributed by atoms with Crippen LogP contribution in [0.1, 0.15) is 27.8 Å². The smallest absolute Gasteiger partial charge is 0.338 e. The van der Waals surface area contributed by atoms with Crippen LogP contribution in [0.4, 0.5) is 11.4 Å². The van der Waals surface area contributed by atoms with Crippen LogP contribution >= 0.6 is 0 Å². The number of nitrogens with one attached hydrogen (secondary N) is 2. The third kappa shape index (κ3) is 4.41. The summed E-state index contributed by atoms with van der Waals surface area (Å²) in [5, 5.41) is 22.2. The minimum absolute atomic E-state index is 0.00355. The van der Waals surface area contributed by atoms with Crippen molar-refractivity contribution >= 4 is 29.2 Å². The quantitative estimate of drug-likeness (QED) is 0.570. The van der Waals surface area contributed by atoms with E-state index in [1.807, 2.05) is 6.92 Å². The summed E-state index contributed by atoms with van der Waals surface area (Å²) in [4.78, 5) is 35.4. The number of carboxylic acid groups (broad SMARTS) is 1. The maximum absolute atomic E-state index is 12.4. The van der Waals surface area contributed by atoms with Crippen LogP contribution in [0.3, 0.4) is 0 Å². The number of amides is 2. The topological polar surface area (TPSA) is 131 Å². The number of aryl methyl sites for hydroxylation is 1. The monoisotopic (exact) mass is 382 g/mol. The van der Waals surface area contributed by atoms with Gasteiger partial charge in [0.1, 0.15) is 12.2 Å². The maximum Gasteiger partial charge on any atom is 0.338 e. The van der Waals surface area contributed by atoms with Crippen molar-refractivity contribution in [2.75, 3.05) is 10.6 Å². The molecule has 2 heterocycles. The van der Waals surface area contributed by atoms with Crippen molar-refractivity contribution in [3.8, 4) is 0 Å². The first-order valence-corrected chi connectivity index (χ1v) is 8.45. The van der Waals surface area contributed by atoms with E-state index in [0.717, 1.165) is 0 Å². The highest BCUT2D eigenvalue weighted by Crippen LogP contribution is 2.16. The molecule has 0 aliphatic rings. The minimum atomic E-state index is -1.11. The zero-order valence-corrected chi connectivity index (χ0v) is 15.0. The molecule has 144 valence electrons. The van der Waals surface area contributed by atoms with Gasteiger partial charge in [-0.15, -0.1) is 0 Å². The summed E-state index contributed by atoms with van der Waals surface area (Å²) < 4.78 is 2.81. The molecule has 0 bridgehead atoms. The molecule has 0 fully saturated rings. The molecule has 1 aromatic carbocycles. The van der Waals surface area contributed by atoms with Crippen LogP contribution in [0.15, 0.2) is 48.9 Å². The molecule has 28 heavy (non-hydrogen) atoms. The molecule has 3 rings (SSSR count). The predicted molar refractivity (Wildman–Crippen MR) is 100 cm³/mol. The van der Waals surface area contributed by atoms with E-state index in [0.29, 0.717) is 23.6 Å². The molecule has 0 unspecified atom stereocenters. The van der Waals surface area contributed by atoms with Crippen LogP contribution < -0.4 is 10.6 Å². The van der Waals surface area contributed by atoms with Gasteiger partial charge >= 0.3 is 5.97 Å². The Labute approximate surface area is 159 Å². The Morgan fingerprint density at radius 2 is 1.86 bits per heavy atom. The summed E-state index contributed by atoms with van der Waals surface area (Å²) in [6, 6.07) is 8.31. The van der Waals surface area contributed by atoms with Gasteiger partial charge in [-0.25, -0.2) is 4.79 Å². The Morgan fingerprint density at radius 3 is 2.54 bits per heavy atom. The third-order valence-electron chi connectivity index (χ3n) is 3.84. The number of anilines is 2. The lowest BCUT2D eigenvalue weighted by atomic mass is 10.2. The number of rotatable bonds is 7. The predicted octanol–water partition coefficient (Wildman–Crippen LogP) is 1.69. The summed E-state index contributed by atoms with van der Waals surface area (Å²) in [5.41, 5.74) is 1.44. The SMILES string of the molecule is CCn1nccc1C(=O)Nc1cccc(NC(=O)Cn2cc(C(=O)O)cn2)c1.